The summed E-state index contributed by atoms with van der Waals surface area (Å²) in [6.45, 7) is 1.51. The summed E-state index contributed by atoms with van der Waals surface area (Å²) < 4.78 is 62.0. The highest BCUT2D eigenvalue weighted by Crippen LogP contribution is 2.32. The van der Waals surface area contributed by atoms with Gasteiger partial charge in [-0.25, -0.2) is 13.2 Å². The molecule has 12 heteroatoms. The zero-order chi connectivity index (χ0) is 24.7. The first-order valence-electron chi connectivity index (χ1n) is 9.64. The summed E-state index contributed by atoms with van der Waals surface area (Å²) in [6.07, 6.45) is 0. The minimum absolute atomic E-state index is 0.121. The molecular formula is C22H17ClN2O7S2. The van der Waals surface area contributed by atoms with Crippen molar-refractivity contribution in [3.05, 3.63) is 82.9 Å². The molecule has 0 fully saturated rings. The predicted molar refractivity (Wildman–Crippen MR) is 127 cm³/mol. The Morgan fingerprint density at radius 3 is 2.29 bits per heavy atom. The van der Waals surface area contributed by atoms with Crippen LogP contribution in [0.1, 0.15) is 15.9 Å². The van der Waals surface area contributed by atoms with Gasteiger partial charge < -0.3 is 9.52 Å². The summed E-state index contributed by atoms with van der Waals surface area (Å²) in [5.74, 6) is -1.29. The first kappa shape index (κ1) is 23.6. The number of carboxylic acids is 1. The summed E-state index contributed by atoms with van der Waals surface area (Å²) in [4.78, 5) is 11.0. The van der Waals surface area contributed by atoms with Gasteiger partial charge in [-0.2, -0.15) is 8.42 Å². The van der Waals surface area contributed by atoms with Gasteiger partial charge in [0.15, 0.2) is 0 Å². The minimum Gasteiger partial charge on any atom is -0.478 e. The van der Waals surface area contributed by atoms with Crippen molar-refractivity contribution < 1.29 is 31.2 Å². The molecule has 0 amide bonds. The van der Waals surface area contributed by atoms with Gasteiger partial charge in [0, 0.05) is 16.5 Å². The fourth-order valence-electron chi connectivity index (χ4n) is 3.20. The number of rotatable bonds is 7. The van der Waals surface area contributed by atoms with Crippen LogP contribution < -0.4 is 9.44 Å². The van der Waals surface area contributed by atoms with E-state index in [-0.39, 0.29) is 31.9 Å². The summed E-state index contributed by atoms with van der Waals surface area (Å²) in [5, 5.41) is 9.56. The Morgan fingerprint density at radius 2 is 1.59 bits per heavy atom. The van der Waals surface area contributed by atoms with E-state index in [2.05, 4.69) is 9.44 Å². The van der Waals surface area contributed by atoms with E-state index >= 15 is 0 Å². The molecule has 0 radical (unpaired) electrons. The third-order valence-electron chi connectivity index (χ3n) is 4.86. The Morgan fingerprint density at radius 1 is 0.882 bits per heavy atom. The standard InChI is InChI=1S/C22H17ClN2O7S2/c1-13-6-7-15(22(26)27)10-20(13)33(28,29)24-17-9-8-16(23)12-18(17)25-34(30,31)21-11-14-4-2-3-5-19(14)32-21/h2-12,24-25H,1H3,(H,26,27). The number of anilines is 2. The van der Waals surface area contributed by atoms with Crippen molar-refractivity contribution in [3.63, 3.8) is 0 Å². The number of furan rings is 1. The van der Waals surface area contributed by atoms with Gasteiger partial charge in [-0.1, -0.05) is 35.9 Å². The third kappa shape index (κ3) is 4.72. The number of benzene rings is 3. The molecule has 0 saturated heterocycles. The molecule has 4 rings (SSSR count). The first-order chi connectivity index (χ1) is 16.0. The Hall–Kier alpha value is -3.54. The maximum atomic E-state index is 13.1. The Kier molecular flexibility index (Phi) is 6.02. The van der Waals surface area contributed by atoms with Gasteiger partial charge in [-0.15, -0.1) is 0 Å². The number of sulfonamides is 2. The fourth-order valence-corrected chi connectivity index (χ4v) is 5.76. The number of nitrogens with one attached hydrogen (secondary N) is 2. The maximum Gasteiger partial charge on any atom is 0.335 e. The molecule has 0 atom stereocenters. The molecule has 1 aromatic heterocycles. The van der Waals surface area contributed by atoms with E-state index in [0.29, 0.717) is 16.5 Å². The summed E-state index contributed by atoms with van der Waals surface area (Å²) in [6, 6.07) is 15.6. The fraction of sp³-hybridized carbons (Fsp3) is 0.0455. The van der Waals surface area contributed by atoms with E-state index < -0.39 is 26.0 Å². The van der Waals surface area contributed by atoms with Crippen molar-refractivity contribution in [1.82, 2.24) is 0 Å². The topological polar surface area (TPSA) is 143 Å². The lowest BCUT2D eigenvalue weighted by Gasteiger charge is -2.15. The van der Waals surface area contributed by atoms with Gasteiger partial charge in [0.25, 0.3) is 20.0 Å². The zero-order valence-corrected chi connectivity index (χ0v) is 19.8. The molecule has 0 aliphatic carbocycles. The van der Waals surface area contributed by atoms with E-state index in [1.807, 2.05) is 0 Å². The van der Waals surface area contributed by atoms with E-state index in [4.69, 9.17) is 16.0 Å². The largest absolute Gasteiger partial charge is 0.478 e. The smallest absolute Gasteiger partial charge is 0.335 e. The van der Waals surface area contributed by atoms with Crippen LogP contribution in [0.15, 0.2) is 81.1 Å². The number of halogens is 1. The van der Waals surface area contributed by atoms with Crippen molar-refractivity contribution >= 4 is 60.0 Å². The number of aryl methyl sites for hydroxylation is 1. The molecule has 0 bridgehead atoms. The Labute approximate surface area is 200 Å². The molecule has 0 saturated carbocycles. The van der Waals surface area contributed by atoms with Crippen LogP contribution in [0.2, 0.25) is 5.02 Å². The normalized spacial score (nSPS) is 11.9. The zero-order valence-electron chi connectivity index (χ0n) is 17.4. The van der Waals surface area contributed by atoms with Crippen molar-refractivity contribution in [2.24, 2.45) is 0 Å². The van der Waals surface area contributed by atoms with Crippen LogP contribution in [0.4, 0.5) is 11.4 Å². The molecule has 176 valence electrons. The highest BCUT2D eigenvalue weighted by molar-refractivity contribution is 7.93. The van der Waals surface area contributed by atoms with Gasteiger partial charge >= 0.3 is 5.97 Å². The van der Waals surface area contributed by atoms with Gasteiger partial charge in [-0.05, 0) is 48.9 Å². The van der Waals surface area contributed by atoms with E-state index in [0.717, 1.165) is 6.07 Å². The predicted octanol–water partition coefficient (Wildman–Crippen LogP) is 4.69. The second-order valence-corrected chi connectivity index (χ2v) is 11.0. The first-order valence-corrected chi connectivity index (χ1v) is 13.0. The molecule has 3 N–H and O–H groups in total. The Bertz CT molecular complexity index is 1610. The van der Waals surface area contributed by atoms with E-state index in [9.17, 15) is 26.7 Å². The second kappa shape index (κ2) is 8.67. The Balaban J connectivity index is 1.72. The average Bonchev–Trinajstić information content (AvgIpc) is 3.21. The molecule has 4 aromatic rings. The van der Waals surface area contributed by atoms with Gasteiger partial charge in [0.2, 0.25) is 5.09 Å². The number of para-hydroxylation sites is 1. The van der Waals surface area contributed by atoms with Crippen LogP contribution >= 0.6 is 11.6 Å². The molecule has 3 aromatic carbocycles. The monoisotopic (exact) mass is 520 g/mol. The van der Waals surface area contributed by atoms with Crippen molar-refractivity contribution in [2.75, 3.05) is 9.44 Å². The summed E-state index contributed by atoms with van der Waals surface area (Å²) in [7, 11) is -8.54. The van der Waals surface area contributed by atoms with Gasteiger partial charge in [0.1, 0.15) is 5.58 Å². The number of aromatic carboxylic acids is 1. The third-order valence-corrected chi connectivity index (χ3v) is 7.82. The summed E-state index contributed by atoms with van der Waals surface area (Å²) in [5.41, 5.74) is 0.181. The van der Waals surface area contributed by atoms with Crippen LogP contribution in [0.3, 0.4) is 0 Å². The van der Waals surface area contributed by atoms with Crippen molar-refractivity contribution in [1.29, 1.82) is 0 Å². The molecule has 0 spiro atoms. The quantitative estimate of drug-likeness (QED) is 0.320. The van der Waals surface area contributed by atoms with E-state index in [1.165, 1.54) is 43.3 Å². The van der Waals surface area contributed by atoms with Crippen LogP contribution in [-0.4, -0.2) is 27.9 Å². The molecular weight excluding hydrogens is 504 g/mol. The number of hydrogen-bond acceptors (Lipinski definition) is 6. The maximum absolute atomic E-state index is 13.1. The summed E-state index contributed by atoms with van der Waals surface area (Å²) >= 11 is 6.02. The number of fused-ring (bicyclic) bond motifs is 1. The van der Waals surface area contributed by atoms with Crippen LogP contribution in [0.25, 0.3) is 11.0 Å². The van der Waals surface area contributed by atoms with Gasteiger partial charge in [-0.3, -0.25) is 9.44 Å². The molecule has 0 aliphatic heterocycles. The highest BCUT2D eigenvalue weighted by atomic mass is 35.5. The number of carbonyl (C=O) groups is 1. The van der Waals surface area contributed by atoms with Crippen molar-refractivity contribution in [2.45, 2.75) is 16.9 Å². The molecule has 0 aliphatic rings. The minimum atomic E-state index is -4.29. The van der Waals surface area contributed by atoms with Crippen molar-refractivity contribution in [3.8, 4) is 0 Å². The van der Waals surface area contributed by atoms with Crippen LogP contribution in [0, 0.1) is 6.92 Å². The average molecular weight is 521 g/mol. The lowest BCUT2D eigenvalue weighted by Crippen LogP contribution is -2.18. The molecule has 9 nitrogen and oxygen atoms in total. The lowest BCUT2D eigenvalue weighted by molar-refractivity contribution is 0.0696. The second-order valence-electron chi connectivity index (χ2n) is 7.29. The highest BCUT2D eigenvalue weighted by Gasteiger charge is 2.24. The molecule has 0 unspecified atom stereocenters. The van der Waals surface area contributed by atoms with E-state index in [1.54, 1.807) is 24.3 Å². The van der Waals surface area contributed by atoms with Crippen LogP contribution in [0.5, 0.6) is 0 Å². The van der Waals surface area contributed by atoms with Gasteiger partial charge in [0.05, 0.1) is 21.8 Å². The number of hydrogen-bond donors (Lipinski definition) is 3. The van der Waals surface area contributed by atoms with Crippen LogP contribution in [-0.2, 0) is 20.0 Å². The molecule has 34 heavy (non-hydrogen) atoms. The SMILES string of the molecule is Cc1ccc(C(=O)O)cc1S(=O)(=O)Nc1ccc(Cl)cc1NS(=O)(=O)c1cc2ccccc2o1. The number of carboxylic acid groups (broad SMARTS) is 1. The lowest BCUT2D eigenvalue weighted by atomic mass is 10.1. The molecule has 1 heterocycles.